The average molecular weight is 199 g/mol. The summed E-state index contributed by atoms with van der Waals surface area (Å²) < 4.78 is 0. The van der Waals surface area contributed by atoms with Gasteiger partial charge >= 0.3 is 0 Å². The summed E-state index contributed by atoms with van der Waals surface area (Å²) in [5, 5.41) is 17.2. The molecule has 0 saturated carbocycles. The molecule has 7 N–H and O–H groups in total. The van der Waals surface area contributed by atoms with Crippen LogP contribution in [0.3, 0.4) is 0 Å². The number of nitrogens with two attached hydrogens (primary N) is 2. The largest absolute Gasteiger partial charge is 0.487 e. The van der Waals surface area contributed by atoms with Crippen molar-refractivity contribution in [1.29, 1.82) is 0 Å². The number of nitrogens with one attached hydrogen (secondary N) is 1. The third kappa shape index (κ3) is 280. The van der Waals surface area contributed by atoms with Crippen LogP contribution in [0.4, 0.5) is 0 Å². The highest BCUT2D eigenvalue weighted by atomic mass is 32.1. The summed E-state index contributed by atoms with van der Waals surface area (Å²) in [6.07, 6.45) is 0. The molecule has 11 heavy (non-hydrogen) atoms. The second-order valence-corrected chi connectivity index (χ2v) is 1.70. The number of thiocarbonyl (C=S) groups is 2. The Balaban J connectivity index is -0.0000000965. The van der Waals surface area contributed by atoms with E-state index in [9.17, 15) is 0 Å². The molecule has 0 unspecified atom stereocenters. The van der Waals surface area contributed by atoms with E-state index >= 15 is 0 Å². The van der Waals surface area contributed by atoms with E-state index in [2.05, 4.69) is 41.2 Å². The van der Waals surface area contributed by atoms with Crippen molar-refractivity contribution in [2.24, 2.45) is 11.5 Å². The van der Waals surface area contributed by atoms with Crippen molar-refractivity contribution in [1.82, 2.24) is 5.32 Å². The van der Waals surface area contributed by atoms with E-state index < -0.39 is 5.17 Å². The Morgan fingerprint density at radius 3 is 1.36 bits per heavy atom. The molecule has 0 amide bonds. The summed E-state index contributed by atoms with van der Waals surface area (Å²) >= 11 is 8.01. The van der Waals surface area contributed by atoms with Gasteiger partial charge in [-0.3, -0.25) is 0 Å². The zero-order valence-corrected chi connectivity index (χ0v) is 8.00. The molecule has 0 saturated heterocycles. The predicted octanol–water partition coefficient (Wildman–Crippen LogP) is -0.588. The minimum atomic E-state index is -0.500. The van der Waals surface area contributed by atoms with Crippen LogP contribution in [0, 0.1) is 0 Å². The van der Waals surface area contributed by atoms with Gasteiger partial charge in [-0.05, 0) is 31.5 Å². The van der Waals surface area contributed by atoms with Crippen LogP contribution in [0.25, 0.3) is 0 Å². The Labute approximate surface area is 76.4 Å². The quantitative estimate of drug-likeness (QED) is 0.332. The third-order valence-corrected chi connectivity index (χ3v) is 0.418. The van der Waals surface area contributed by atoms with Crippen molar-refractivity contribution >= 4 is 34.8 Å². The number of rotatable bonds is 0. The lowest BCUT2D eigenvalue weighted by atomic mass is 11.2. The molecular weight excluding hydrogens is 186 g/mol. The SMILES string of the molecule is CN.CNC(O)=S.NC(O)=S. The highest BCUT2D eigenvalue weighted by molar-refractivity contribution is 7.80. The molecule has 0 bridgehead atoms. The third-order valence-electron chi connectivity index (χ3n) is 0.214. The zero-order valence-electron chi connectivity index (χ0n) is 6.37. The second-order valence-electron chi connectivity index (χ2n) is 0.893. The first-order valence-electron chi connectivity index (χ1n) is 2.47. The first-order chi connectivity index (χ1) is 5.00. The summed E-state index contributed by atoms with van der Waals surface area (Å²) in [6, 6.07) is 0. The molecule has 0 aliphatic carbocycles. The Morgan fingerprint density at radius 1 is 1.27 bits per heavy atom. The fourth-order valence-corrected chi connectivity index (χ4v) is 0. The van der Waals surface area contributed by atoms with Crippen molar-refractivity contribution in [2.45, 2.75) is 0 Å². The predicted molar refractivity (Wildman–Crippen MR) is 53.8 cm³/mol. The Morgan fingerprint density at radius 2 is 1.36 bits per heavy atom. The van der Waals surface area contributed by atoms with Crippen molar-refractivity contribution < 1.29 is 10.2 Å². The first kappa shape index (κ1) is 16.7. The fraction of sp³-hybridized carbons (Fsp3) is 0.500. The van der Waals surface area contributed by atoms with Gasteiger partial charge in [-0.15, -0.1) is 0 Å². The van der Waals surface area contributed by atoms with E-state index in [-0.39, 0.29) is 5.17 Å². The standard InChI is InChI=1S/C2H5NOS.CH3NOS.CH5N/c1-3-2(4)5;2-1(3)4;1-2/h1H3,(H2,3,4,5);(H3,2,3,4);2H2,1H3. The van der Waals surface area contributed by atoms with E-state index in [0.717, 1.165) is 0 Å². The molecular formula is C4H13N3O2S2. The molecule has 0 rings (SSSR count). The van der Waals surface area contributed by atoms with E-state index in [1.165, 1.54) is 7.05 Å². The minimum Gasteiger partial charge on any atom is -0.487 e. The molecule has 0 aromatic rings. The molecule has 0 heterocycles. The van der Waals surface area contributed by atoms with Gasteiger partial charge in [0.2, 0.25) is 0 Å². The molecule has 0 aliphatic heterocycles. The molecule has 0 atom stereocenters. The Kier molecular flexibility index (Phi) is 24.6. The van der Waals surface area contributed by atoms with Crippen molar-refractivity contribution in [3.8, 4) is 0 Å². The topological polar surface area (TPSA) is 105 Å². The second kappa shape index (κ2) is 16.2. The lowest BCUT2D eigenvalue weighted by Gasteiger charge is -1.83. The summed E-state index contributed by atoms with van der Waals surface area (Å²) in [5.74, 6) is 0. The van der Waals surface area contributed by atoms with Gasteiger partial charge in [-0.1, -0.05) is 0 Å². The number of hydrogen-bond acceptors (Lipinski definition) is 3. The van der Waals surface area contributed by atoms with E-state index in [1.54, 1.807) is 7.05 Å². The zero-order chi connectivity index (χ0) is 9.86. The summed E-state index contributed by atoms with van der Waals surface area (Å²) in [7, 11) is 3.06. The molecule has 0 aliphatic rings. The van der Waals surface area contributed by atoms with E-state index in [0.29, 0.717) is 0 Å². The molecule has 68 valence electrons. The van der Waals surface area contributed by atoms with Crippen LogP contribution in [0.1, 0.15) is 0 Å². The maximum absolute atomic E-state index is 7.98. The maximum Gasteiger partial charge on any atom is 0.253 e. The lowest BCUT2D eigenvalue weighted by molar-refractivity contribution is 0.542. The molecule has 0 radical (unpaired) electrons. The van der Waals surface area contributed by atoms with Gasteiger partial charge in [0.05, 0.1) is 0 Å². The van der Waals surface area contributed by atoms with Crippen molar-refractivity contribution in [3.05, 3.63) is 0 Å². The Bertz CT molecular complexity index is 106. The van der Waals surface area contributed by atoms with Crippen LogP contribution in [0.2, 0.25) is 0 Å². The van der Waals surface area contributed by atoms with Gasteiger partial charge in [-0.25, -0.2) is 0 Å². The monoisotopic (exact) mass is 199 g/mol. The Hall–Kier alpha value is -0.660. The smallest absolute Gasteiger partial charge is 0.253 e. The molecule has 5 nitrogen and oxygen atoms in total. The van der Waals surface area contributed by atoms with Gasteiger partial charge in [0, 0.05) is 7.05 Å². The number of aliphatic hydroxyl groups excluding tert-OH is 2. The van der Waals surface area contributed by atoms with Crippen molar-refractivity contribution in [3.63, 3.8) is 0 Å². The highest BCUT2D eigenvalue weighted by Crippen LogP contribution is 1.50. The average Bonchev–Trinajstić information content (AvgIpc) is 1.91. The van der Waals surface area contributed by atoms with Crippen LogP contribution in [-0.2, 0) is 0 Å². The first-order valence-corrected chi connectivity index (χ1v) is 3.29. The van der Waals surface area contributed by atoms with Gasteiger partial charge in [0.25, 0.3) is 10.3 Å². The lowest BCUT2D eigenvalue weighted by Crippen LogP contribution is -2.12. The summed E-state index contributed by atoms with van der Waals surface area (Å²) in [6.45, 7) is 0. The van der Waals surface area contributed by atoms with Gasteiger partial charge in [0.1, 0.15) is 0 Å². The number of hydrogen-bond donors (Lipinski definition) is 5. The van der Waals surface area contributed by atoms with E-state index in [1.807, 2.05) is 0 Å². The molecule has 0 spiro atoms. The minimum absolute atomic E-state index is 0.162. The van der Waals surface area contributed by atoms with Gasteiger partial charge in [0.15, 0.2) is 0 Å². The summed E-state index contributed by atoms with van der Waals surface area (Å²) in [4.78, 5) is 0. The van der Waals surface area contributed by atoms with Gasteiger partial charge in [-0.2, -0.15) is 0 Å². The van der Waals surface area contributed by atoms with Crippen LogP contribution in [0.5, 0.6) is 0 Å². The molecule has 0 aromatic carbocycles. The molecule has 0 fully saturated rings. The molecule has 0 aromatic heterocycles. The van der Waals surface area contributed by atoms with Crippen LogP contribution in [0.15, 0.2) is 0 Å². The van der Waals surface area contributed by atoms with Crippen molar-refractivity contribution in [2.75, 3.05) is 14.1 Å². The number of aliphatic hydroxyl groups is 2. The highest BCUT2D eigenvalue weighted by Gasteiger charge is 1.70. The van der Waals surface area contributed by atoms with Crippen LogP contribution >= 0.6 is 24.4 Å². The normalized spacial score (nSPS) is 5.73. The van der Waals surface area contributed by atoms with Crippen LogP contribution in [-0.4, -0.2) is 34.7 Å². The maximum atomic E-state index is 7.98. The van der Waals surface area contributed by atoms with Gasteiger partial charge < -0.3 is 27.0 Å². The van der Waals surface area contributed by atoms with Crippen LogP contribution < -0.4 is 16.8 Å². The molecule has 7 heteroatoms. The summed E-state index contributed by atoms with van der Waals surface area (Å²) in [5.41, 5.74) is 8.90. The fourth-order valence-electron chi connectivity index (χ4n) is 0. The van der Waals surface area contributed by atoms with E-state index in [4.69, 9.17) is 10.2 Å².